The highest BCUT2D eigenvalue weighted by atomic mass is 32.1. The molecule has 1 unspecified atom stereocenters. The van der Waals surface area contributed by atoms with Crippen molar-refractivity contribution in [3.05, 3.63) is 95.2 Å². The third-order valence-electron chi connectivity index (χ3n) is 5.78. The van der Waals surface area contributed by atoms with Crippen LogP contribution in [0.15, 0.2) is 84.1 Å². The molecule has 34 heavy (non-hydrogen) atoms. The number of carbonyl (C=O) groups is 1. The van der Waals surface area contributed by atoms with Crippen molar-refractivity contribution in [3.63, 3.8) is 0 Å². The predicted octanol–water partition coefficient (Wildman–Crippen LogP) is 5.36. The minimum absolute atomic E-state index is 0.259. The maximum Gasteiger partial charge on any atom is 0.255 e. The van der Waals surface area contributed by atoms with Gasteiger partial charge >= 0.3 is 0 Å². The number of ether oxygens (including phenoxy) is 2. The van der Waals surface area contributed by atoms with Gasteiger partial charge in [0, 0.05) is 17.5 Å². The van der Waals surface area contributed by atoms with Gasteiger partial charge in [-0.2, -0.15) is 0 Å². The zero-order valence-electron chi connectivity index (χ0n) is 19.6. The van der Waals surface area contributed by atoms with E-state index in [-0.39, 0.29) is 5.91 Å². The normalized spacial score (nSPS) is 15.6. The molecule has 1 aliphatic heterocycles. The van der Waals surface area contributed by atoms with Crippen LogP contribution in [0, 0.1) is 6.92 Å². The van der Waals surface area contributed by atoms with Crippen molar-refractivity contribution in [1.82, 2.24) is 5.32 Å². The van der Waals surface area contributed by atoms with E-state index >= 15 is 0 Å². The number of nitrogens with zero attached hydrogens (tertiary/aromatic N) is 1. The summed E-state index contributed by atoms with van der Waals surface area (Å²) in [5.41, 5.74) is 4.77. The summed E-state index contributed by atoms with van der Waals surface area (Å²) in [4.78, 5) is 15.7. The summed E-state index contributed by atoms with van der Waals surface area (Å²) < 4.78 is 10.8. The number of benzene rings is 3. The average Bonchev–Trinajstić information content (AvgIpc) is 2.84. The van der Waals surface area contributed by atoms with Crippen molar-refractivity contribution in [2.75, 3.05) is 24.4 Å². The van der Waals surface area contributed by atoms with Crippen LogP contribution in [0.3, 0.4) is 0 Å². The molecule has 0 fully saturated rings. The molecule has 1 heterocycles. The molecule has 0 aliphatic carbocycles. The molecule has 1 amide bonds. The van der Waals surface area contributed by atoms with Crippen LogP contribution < -0.4 is 25.0 Å². The quantitative estimate of drug-likeness (QED) is 0.470. The standard InChI is InChI=1S/C27H27N3O3S/c1-17-9-8-12-20(15-17)30-18(2)24(25(29-27(30)34)19-10-6-5-7-11-19)26(31)28-22-16-21(32-3)13-14-23(22)33-4/h5-16,25H,1-4H3,(H,28,31)(H,29,34). The van der Waals surface area contributed by atoms with Crippen LogP contribution in [-0.4, -0.2) is 25.2 Å². The minimum atomic E-state index is -0.411. The lowest BCUT2D eigenvalue weighted by molar-refractivity contribution is -0.113. The van der Waals surface area contributed by atoms with E-state index in [1.54, 1.807) is 32.4 Å². The minimum Gasteiger partial charge on any atom is -0.497 e. The number of aryl methyl sites for hydroxylation is 1. The van der Waals surface area contributed by atoms with Gasteiger partial charge in [0.2, 0.25) is 0 Å². The second-order valence-electron chi connectivity index (χ2n) is 7.99. The summed E-state index contributed by atoms with van der Waals surface area (Å²) >= 11 is 5.76. The molecular formula is C27H27N3O3S. The van der Waals surface area contributed by atoms with Gasteiger partial charge in [0.1, 0.15) is 11.5 Å². The molecule has 3 aromatic carbocycles. The fraction of sp³-hybridized carbons (Fsp3) is 0.185. The van der Waals surface area contributed by atoms with Gasteiger partial charge in [0.25, 0.3) is 5.91 Å². The van der Waals surface area contributed by atoms with Crippen molar-refractivity contribution in [2.45, 2.75) is 19.9 Å². The van der Waals surface area contributed by atoms with Crippen LogP contribution in [0.2, 0.25) is 0 Å². The maximum atomic E-state index is 13.8. The predicted molar refractivity (Wildman–Crippen MR) is 139 cm³/mol. The van der Waals surface area contributed by atoms with Gasteiger partial charge in [-0.1, -0.05) is 42.5 Å². The van der Waals surface area contributed by atoms with E-state index in [9.17, 15) is 4.79 Å². The molecule has 6 nitrogen and oxygen atoms in total. The van der Waals surface area contributed by atoms with E-state index in [0.29, 0.717) is 27.9 Å². The Labute approximate surface area is 205 Å². The number of methoxy groups -OCH3 is 2. The number of nitrogens with one attached hydrogen (secondary N) is 2. The van der Waals surface area contributed by atoms with Crippen LogP contribution in [0.1, 0.15) is 24.1 Å². The van der Waals surface area contributed by atoms with Crippen molar-refractivity contribution >= 4 is 34.6 Å². The Balaban J connectivity index is 1.82. The van der Waals surface area contributed by atoms with Crippen molar-refractivity contribution in [1.29, 1.82) is 0 Å². The highest BCUT2D eigenvalue weighted by Crippen LogP contribution is 2.36. The van der Waals surface area contributed by atoms with Gasteiger partial charge in [-0.15, -0.1) is 0 Å². The number of hydrogen-bond donors (Lipinski definition) is 2. The molecule has 0 bridgehead atoms. The lowest BCUT2D eigenvalue weighted by Crippen LogP contribution is -2.48. The average molecular weight is 474 g/mol. The third-order valence-corrected chi connectivity index (χ3v) is 6.08. The molecule has 0 spiro atoms. The number of anilines is 2. The van der Waals surface area contributed by atoms with E-state index in [1.807, 2.05) is 73.3 Å². The summed E-state index contributed by atoms with van der Waals surface area (Å²) in [6.07, 6.45) is 0. The molecule has 1 aliphatic rings. The van der Waals surface area contributed by atoms with Crippen LogP contribution >= 0.6 is 12.2 Å². The molecule has 3 aromatic rings. The summed E-state index contributed by atoms with van der Waals surface area (Å²) in [6, 6.07) is 22.7. The zero-order chi connectivity index (χ0) is 24.2. The first-order valence-electron chi connectivity index (χ1n) is 10.9. The van der Waals surface area contributed by atoms with Crippen molar-refractivity contribution in [3.8, 4) is 11.5 Å². The summed E-state index contributed by atoms with van der Waals surface area (Å²) in [5, 5.41) is 6.94. The molecule has 2 N–H and O–H groups in total. The third kappa shape index (κ3) is 4.61. The van der Waals surface area contributed by atoms with E-state index in [4.69, 9.17) is 21.7 Å². The largest absolute Gasteiger partial charge is 0.497 e. The van der Waals surface area contributed by atoms with Gasteiger partial charge in [0.15, 0.2) is 5.11 Å². The Hall–Kier alpha value is -3.84. The lowest BCUT2D eigenvalue weighted by Gasteiger charge is -2.38. The smallest absolute Gasteiger partial charge is 0.255 e. The van der Waals surface area contributed by atoms with Crippen LogP contribution in [0.5, 0.6) is 11.5 Å². The number of rotatable bonds is 6. The first-order chi connectivity index (χ1) is 16.4. The van der Waals surface area contributed by atoms with Crippen molar-refractivity contribution in [2.24, 2.45) is 0 Å². The number of carbonyl (C=O) groups excluding carboxylic acids is 1. The molecule has 7 heteroatoms. The second-order valence-corrected chi connectivity index (χ2v) is 8.37. The Morgan fingerprint density at radius 1 is 0.971 bits per heavy atom. The fourth-order valence-corrected chi connectivity index (χ4v) is 4.47. The monoisotopic (exact) mass is 473 g/mol. The molecule has 174 valence electrons. The summed E-state index contributed by atoms with van der Waals surface area (Å²) in [5.74, 6) is 0.898. The van der Waals surface area contributed by atoms with Crippen LogP contribution in [0.25, 0.3) is 0 Å². The summed E-state index contributed by atoms with van der Waals surface area (Å²) in [6.45, 7) is 3.95. The molecular weight excluding hydrogens is 446 g/mol. The first-order valence-corrected chi connectivity index (χ1v) is 11.3. The summed E-state index contributed by atoms with van der Waals surface area (Å²) in [7, 11) is 3.14. The van der Waals surface area contributed by atoms with Gasteiger partial charge in [-0.05, 0) is 61.5 Å². The number of thiocarbonyl (C=S) groups is 1. The Bertz CT molecular complexity index is 1260. The van der Waals surface area contributed by atoms with Gasteiger partial charge in [0.05, 0.1) is 31.5 Å². The van der Waals surface area contributed by atoms with E-state index in [0.717, 1.165) is 22.5 Å². The van der Waals surface area contributed by atoms with Crippen LogP contribution in [-0.2, 0) is 4.79 Å². The fourth-order valence-electron chi connectivity index (χ4n) is 4.11. The number of allylic oxidation sites excluding steroid dienone is 1. The number of hydrogen-bond acceptors (Lipinski definition) is 4. The first kappa shape index (κ1) is 23.3. The van der Waals surface area contributed by atoms with Crippen molar-refractivity contribution < 1.29 is 14.3 Å². The molecule has 1 atom stereocenters. The highest BCUT2D eigenvalue weighted by Gasteiger charge is 2.35. The topological polar surface area (TPSA) is 62.8 Å². The second kappa shape index (κ2) is 9.97. The molecule has 4 rings (SSSR count). The Morgan fingerprint density at radius 3 is 2.41 bits per heavy atom. The Kier molecular flexibility index (Phi) is 6.84. The van der Waals surface area contributed by atoms with E-state index in [2.05, 4.69) is 10.6 Å². The van der Waals surface area contributed by atoms with Gasteiger partial charge < -0.3 is 20.1 Å². The van der Waals surface area contributed by atoms with E-state index in [1.165, 1.54) is 0 Å². The van der Waals surface area contributed by atoms with Gasteiger partial charge in [-0.3, -0.25) is 9.69 Å². The Morgan fingerprint density at radius 2 is 1.74 bits per heavy atom. The zero-order valence-corrected chi connectivity index (χ0v) is 20.4. The number of amides is 1. The van der Waals surface area contributed by atoms with Crippen LogP contribution in [0.4, 0.5) is 11.4 Å². The lowest BCUT2D eigenvalue weighted by atomic mass is 9.94. The van der Waals surface area contributed by atoms with Gasteiger partial charge in [-0.25, -0.2) is 0 Å². The molecule has 0 saturated heterocycles. The van der Waals surface area contributed by atoms with E-state index < -0.39 is 6.04 Å². The molecule has 0 saturated carbocycles. The SMILES string of the molecule is COc1ccc(OC)c(NC(=O)C2=C(C)N(c3cccc(C)c3)C(=S)NC2c2ccccc2)c1. The molecule has 0 aromatic heterocycles. The molecule has 0 radical (unpaired) electrons. The highest BCUT2D eigenvalue weighted by molar-refractivity contribution is 7.80. The maximum absolute atomic E-state index is 13.8.